The number of H-pyrrole nitrogens is 1. The number of rotatable bonds is 8. The molecule has 8 heteroatoms. The molecule has 1 aromatic heterocycles. The van der Waals surface area contributed by atoms with Crippen molar-refractivity contribution in [2.75, 3.05) is 12.5 Å². The van der Waals surface area contributed by atoms with Crippen molar-refractivity contribution in [3.05, 3.63) is 106 Å². The molecule has 0 radical (unpaired) electrons. The van der Waals surface area contributed by atoms with Gasteiger partial charge in [0.2, 0.25) is 4.77 Å². The number of nitrogens with zero attached hydrogens (tertiary/aromatic N) is 2. The van der Waals surface area contributed by atoms with Gasteiger partial charge in [-0.2, -0.15) is 5.10 Å². The fraction of sp³-hybridized carbons (Fsp3) is 0.111. The fourth-order valence-electron chi connectivity index (χ4n) is 3.99. The number of hydrogen-bond donors (Lipinski definition) is 2. The SMILES string of the molecule is COc1ccccc1-c1n[nH]c(=S)n1NCc1c(OCc2ccc(Cl)cc2)ccc2ccccc12. The van der Waals surface area contributed by atoms with Crippen molar-refractivity contribution >= 4 is 34.6 Å². The number of ether oxygens (including phenoxy) is 2. The quantitative estimate of drug-likeness (QED) is 0.230. The van der Waals surface area contributed by atoms with Crippen LogP contribution in [0, 0.1) is 4.77 Å². The topological polar surface area (TPSA) is 64.1 Å². The van der Waals surface area contributed by atoms with Gasteiger partial charge in [-0.05, 0) is 58.9 Å². The molecule has 1 heterocycles. The van der Waals surface area contributed by atoms with Crippen molar-refractivity contribution in [1.29, 1.82) is 0 Å². The summed E-state index contributed by atoms with van der Waals surface area (Å²) in [4.78, 5) is 0. The van der Waals surface area contributed by atoms with Gasteiger partial charge in [-0.3, -0.25) is 0 Å². The molecule has 0 saturated heterocycles. The van der Waals surface area contributed by atoms with Crippen molar-refractivity contribution in [2.24, 2.45) is 0 Å². The van der Waals surface area contributed by atoms with Crippen LogP contribution in [0.3, 0.4) is 0 Å². The minimum absolute atomic E-state index is 0.431. The Morgan fingerprint density at radius 2 is 1.71 bits per heavy atom. The zero-order valence-electron chi connectivity index (χ0n) is 19.0. The van der Waals surface area contributed by atoms with Crippen molar-refractivity contribution in [1.82, 2.24) is 14.9 Å². The molecule has 176 valence electrons. The number of hydrogen-bond acceptors (Lipinski definition) is 5. The fourth-order valence-corrected chi connectivity index (χ4v) is 4.31. The molecular formula is C27H23ClN4O2S. The van der Waals surface area contributed by atoms with Crippen molar-refractivity contribution in [3.8, 4) is 22.9 Å². The number of aromatic amines is 1. The molecule has 0 bridgehead atoms. The molecular weight excluding hydrogens is 480 g/mol. The van der Waals surface area contributed by atoms with E-state index < -0.39 is 0 Å². The maximum Gasteiger partial charge on any atom is 0.214 e. The van der Waals surface area contributed by atoms with Gasteiger partial charge >= 0.3 is 0 Å². The van der Waals surface area contributed by atoms with Gasteiger partial charge in [-0.1, -0.05) is 66.2 Å². The van der Waals surface area contributed by atoms with E-state index in [-0.39, 0.29) is 0 Å². The van der Waals surface area contributed by atoms with Gasteiger partial charge in [-0.15, -0.1) is 0 Å². The molecule has 0 aliphatic heterocycles. The van der Waals surface area contributed by atoms with E-state index in [2.05, 4.69) is 33.8 Å². The van der Waals surface area contributed by atoms with E-state index in [0.29, 0.717) is 34.5 Å². The molecule has 4 aromatic carbocycles. The van der Waals surface area contributed by atoms with Gasteiger partial charge in [0.1, 0.15) is 18.1 Å². The lowest BCUT2D eigenvalue weighted by atomic mass is 10.0. The average Bonchev–Trinajstić information content (AvgIpc) is 3.27. The van der Waals surface area contributed by atoms with E-state index in [1.165, 1.54) is 0 Å². The van der Waals surface area contributed by atoms with Gasteiger partial charge < -0.3 is 14.9 Å². The Kier molecular flexibility index (Phi) is 6.70. The second-order valence-corrected chi connectivity index (χ2v) is 8.72. The third kappa shape index (κ3) is 4.87. The summed E-state index contributed by atoms with van der Waals surface area (Å²) in [6, 6.07) is 27.7. The standard InChI is InChI=1S/C27H23ClN4O2S/c1-33-24-9-5-4-8-22(24)26-30-31-27(35)32(26)29-16-23-21-7-3-2-6-19(21)12-15-25(23)34-17-18-10-13-20(28)14-11-18/h2-15,29H,16-17H2,1H3,(H,31,35). The summed E-state index contributed by atoms with van der Waals surface area (Å²) < 4.78 is 14.0. The number of fused-ring (bicyclic) bond motifs is 1. The second kappa shape index (κ2) is 10.2. The van der Waals surface area contributed by atoms with Gasteiger partial charge in [0.05, 0.1) is 19.2 Å². The van der Waals surface area contributed by atoms with Gasteiger partial charge in [0.25, 0.3) is 0 Å². The molecule has 0 fully saturated rings. The first-order valence-corrected chi connectivity index (χ1v) is 11.8. The number of para-hydroxylation sites is 1. The average molecular weight is 503 g/mol. The van der Waals surface area contributed by atoms with E-state index in [4.69, 9.17) is 33.3 Å². The molecule has 5 rings (SSSR count). The molecule has 0 aliphatic carbocycles. The highest BCUT2D eigenvalue weighted by Gasteiger charge is 2.15. The maximum atomic E-state index is 6.26. The van der Waals surface area contributed by atoms with E-state index in [1.807, 2.05) is 66.7 Å². The van der Waals surface area contributed by atoms with E-state index in [9.17, 15) is 0 Å². The Morgan fingerprint density at radius 3 is 2.54 bits per heavy atom. The highest BCUT2D eigenvalue weighted by atomic mass is 35.5. The second-order valence-electron chi connectivity index (χ2n) is 7.90. The van der Waals surface area contributed by atoms with E-state index >= 15 is 0 Å². The molecule has 0 spiro atoms. The first kappa shape index (κ1) is 23.0. The minimum Gasteiger partial charge on any atom is -0.496 e. The van der Waals surface area contributed by atoms with Crippen molar-refractivity contribution in [3.63, 3.8) is 0 Å². The molecule has 5 aromatic rings. The Labute approximate surface area is 213 Å². The van der Waals surface area contributed by atoms with Crippen LogP contribution in [0.2, 0.25) is 5.02 Å². The minimum atomic E-state index is 0.431. The highest BCUT2D eigenvalue weighted by molar-refractivity contribution is 7.71. The van der Waals surface area contributed by atoms with Gasteiger partial charge in [0.15, 0.2) is 5.82 Å². The third-order valence-corrected chi connectivity index (χ3v) is 6.27. The van der Waals surface area contributed by atoms with Crippen LogP contribution in [0.1, 0.15) is 11.1 Å². The summed E-state index contributed by atoms with van der Waals surface area (Å²) in [7, 11) is 1.64. The lowest BCUT2D eigenvalue weighted by Gasteiger charge is -2.17. The number of halogens is 1. The summed E-state index contributed by atoms with van der Waals surface area (Å²) in [6.45, 7) is 0.896. The largest absolute Gasteiger partial charge is 0.496 e. The molecule has 0 amide bonds. The summed E-state index contributed by atoms with van der Waals surface area (Å²) >= 11 is 11.5. The number of methoxy groups -OCH3 is 1. The molecule has 35 heavy (non-hydrogen) atoms. The lowest BCUT2D eigenvalue weighted by Crippen LogP contribution is -2.17. The molecule has 2 N–H and O–H groups in total. The zero-order chi connectivity index (χ0) is 24.2. The maximum absolute atomic E-state index is 6.26. The van der Waals surface area contributed by atoms with Crippen LogP contribution >= 0.6 is 23.8 Å². The summed E-state index contributed by atoms with van der Waals surface area (Å²) in [5, 5.41) is 10.2. The van der Waals surface area contributed by atoms with Crippen LogP contribution in [0.5, 0.6) is 11.5 Å². The zero-order valence-corrected chi connectivity index (χ0v) is 20.6. The Balaban J connectivity index is 1.48. The molecule has 0 saturated carbocycles. The molecule has 6 nitrogen and oxygen atoms in total. The van der Waals surface area contributed by atoms with Gasteiger partial charge in [-0.25, -0.2) is 9.77 Å². The van der Waals surface area contributed by atoms with Crippen LogP contribution in [0.25, 0.3) is 22.2 Å². The monoisotopic (exact) mass is 502 g/mol. The molecule has 0 aliphatic rings. The summed E-state index contributed by atoms with van der Waals surface area (Å²) in [5.41, 5.74) is 6.32. The van der Waals surface area contributed by atoms with E-state index in [0.717, 1.165) is 33.2 Å². The smallest absolute Gasteiger partial charge is 0.214 e. The number of nitrogens with one attached hydrogen (secondary N) is 2. The summed E-state index contributed by atoms with van der Waals surface area (Å²) in [5.74, 6) is 2.14. The lowest BCUT2D eigenvalue weighted by molar-refractivity contribution is 0.303. The highest BCUT2D eigenvalue weighted by Crippen LogP contribution is 2.31. The Bertz CT molecular complexity index is 1530. The normalized spacial score (nSPS) is 10.9. The molecule has 0 atom stereocenters. The van der Waals surface area contributed by atoms with E-state index in [1.54, 1.807) is 11.8 Å². The first-order valence-electron chi connectivity index (χ1n) is 11.1. The van der Waals surface area contributed by atoms with Crippen LogP contribution in [-0.2, 0) is 13.2 Å². The predicted molar refractivity (Wildman–Crippen MR) is 142 cm³/mol. The third-order valence-electron chi connectivity index (χ3n) is 5.74. The van der Waals surface area contributed by atoms with Crippen molar-refractivity contribution in [2.45, 2.75) is 13.2 Å². The number of benzene rings is 4. The van der Waals surface area contributed by atoms with Crippen LogP contribution in [0.15, 0.2) is 84.9 Å². The summed E-state index contributed by atoms with van der Waals surface area (Å²) in [6.07, 6.45) is 0. The van der Waals surface area contributed by atoms with Crippen LogP contribution in [-0.4, -0.2) is 22.0 Å². The number of aromatic nitrogens is 3. The Morgan fingerprint density at radius 1 is 0.943 bits per heavy atom. The van der Waals surface area contributed by atoms with Crippen molar-refractivity contribution < 1.29 is 9.47 Å². The van der Waals surface area contributed by atoms with Crippen LogP contribution in [0.4, 0.5) is 0 Å². The Hall–Kier alpha value is -3.81. The van der Waals surface area contributed by atoms with Gasteiger partial charge in [0, 0.05) is 10.6 Å². The first-order chi connectivity index (χ1) is 17.1. The molecule has 0 unspecified atom stereocenters. The van der Waals surface area contributed by atoms with Crippen LogP contribution < -0.4 is 14.9 Å². The predicted octanol–water partition coefficient (Wildman–Crippen LogP) is 6.75.